The largest absolute Gasteiger partial charge is 0.489 e. The molecule has 20 heavy (non-hydrogen) atoms. The first-order chi connectivity index (χ1) is 9.52. The number of rotatable bonds is 5. The highest BCUT2D eigenvalue weighted by molar-refractivity contribution is 5.70. The molecule has 0 bridgehead atoms. The maximum atomic E-state index is 10.6. The second kappa shape index (κ2) is 6.24. The van der Waals surface area contributed by atoms with E-state index < -0.39 is 5.97 Å². The van der Waals surface area contributed by atoms with Crippen LogP contribution in [0.2, 0.25) is 0 Å². The molecule has 0 saturated carbocycles. The van der Waals surface area contributed by atoms with Crippen LogP contribution in [0.15, 0.2) is 42.5 Å². The fourth-order valence-electron chi connectivity index (χ4n) is 2.11. The Morgan fingerprint density at radius 1 is 1.00 bits per heavy atom. The smallest absolute Gasteiger partial charge is 0.307 e. The molecule has 0 aliphatic heterocycles. The highest BCUT2D eigenvalue weighted by Crippen LogP contribution is 2.18. The Balaban J connectivity index is 1.98. The first-order valence-corrected chi connectivity index (χ1v) is 6.53. The van der Waals surface area contributed by atoms with Crippen molar-refractivity contribution >= 4 is 5.97 Å². The van der Waals surface area contributed by atoms with E-state index >= 15 is 0 Å². The third kappa shape index (κ3) is 4.12. The first-order valence-electron chi connectivity index (χ1n) is 6.53. The molecule has 0 fully saturated rings. The van der Waals surface area contributed by atoms with E-state index in [9.17, 15) is 4.79 Å². The first kappa shape index (κ1) is 14.1. The van der Waals surface area contributed by atoms with Gasteiger partial charge in [-0.05, 0) is 48.2 Å². The average molecular weight is 270 g/mol. The van der Waals surface area contributed by atoms with Crippen molar-refractivity contribution in [3.8, 4) is 5.75 Å². The standard InChI is InChI=1S/C17H18O3/c1-12-7-13(2)9-16(8-12)20-11-15-5-3-14(4-6-15)10-17(18)19/h3-9H,10-11H2,1-2H3,(H,18,19). The van der Waals surface area contributed by atoms with E-state index in [0.29, 0.717) is 6.61 Å². The molecule has 0 atom stereocenters. The number of benzene rings is 2. The Kier molecular flexibility index (Phi) is 4.41. The van der Waals surface area contributed by atoms with Gasteiger partial charge in [0.2, 0.25) is 0 Å². The van der Waals surface area contributed by atoms with Gasteiger partial charge in [-0.3, -0.25) is 4.79 Å². The summed E-state index contributed by atoms with van der Waals surface area (Å²) < 4.78 is 5.76. The predicted molar refractivity (Wildman–Crippen MR) is 78.0 cm³/mol. The van der Waals surface area contributed by atoms with Crippen LogP contribution in [0.1, 0.15) is 22.3 Å². The molecule has 0 saturated heterocycles. The highest BCUT2D eigenvalue weighted by Gasteiger charge is 2.02. The van der Waals surface area contributed by atoms with Crippen LogP contribution in [-0.4, -0.2) is 11.1 Å². The summed E-state index contributed by atoms with van der Waals surface area (Å²) in [6.45, 7) is 4.57. The van der Waals surface area contributed by atoms with Crippen LogP contribution in [0.25, 0.3) is 0 Å². The van der Waals surface area contributed by atoms with Crippen LogP contribution in [0.4, 0.5) is 0 Å². The summed E-state index contributed by atoms with van der Waals surface area (Å²) in [7, 11) is 0. The Morgan fingerprint density at radius 2 is 1.55 bits per heavy atom. The molecule has 0 aliphatic rings. The number of ether oxygens (including phenoxy) is 1. The number of hydrogen-bond donors (Lipinski definition) is 1. The Bertz CT molecular complexity index is 580. The van der Waals surface area contributed by atoms with Gasteiger partial charge in [-0.15, -0.1) is 0 Å². The molecule has 1 N–H and O–H groups in total. The van der Waals surface area contributed by atoms with E-state index in [4.69, 9.17) is 9.84 Å². The maximum Gasteiger partial charge on any atom is 0.307 e. The normalized spacial score (nSPS) is 10.3. The number of aliphatic carboxylic acids is 1. The molecule has 2 aromatic carbocycles. The molecule has 2 rings (SSSR count). The highest BCUT2D eigenvalue weighted by atomic mass is 16.5. The van der Waals surface area contributed by atoms with Crippen LogP contribution in [0.5, 0.6) is 5.75 Å². The molecule has 0 heterocycles. The summed E-state index contributed by atoms with van der Waals surface area (Å²) in [6, 6.07) is 13.6. The van der Waals surface area contributed by atoms with Crippen molar-refractivity contribution in [1.29, 1.82) is 0 Å². The Hall–Kier alpha value is -2.29. The zero-order chi connectivity index (χ0) is 14.5. The molecule has 3 nitrogen and oxygen atoms in total. The van der Waals surface area contributed by atoms with Crippen molar-refractivity contribution in [3.05, 3.63) is 64.7 Å². The van der Waals surface area contributed by atoms with Gasteiger partial charge in [-0.25, -0.2) is 0 Å². The van der Waals surface area contributed by atoms with E-state index in [2.05, 4.69) is 6.07 Å². The second-order valence-corrected chi connectivity index (χ2v) is 5.00. The van der Waals surface area contributed by atoms with Gasteiger partial charge in [0.05, 0.1) is 6.42 Å². The quantitative estimate of drug-likeness (QED) is 0.904. The van der Waals surface area contributed by atoms with Crippen molar-refractivity contribution in [3.63, 3.8) is 0 Å². The van der Waals surface area contributed by atoms with Crippen LogP contribution >= 0.6 is 0 Å². The van der Waals surface area contributed by atoms with E-state index in [1.54, 1.807) is 0 Å². The second-order valence-electron chi connectivity index (χ2n) is 5.00. The minimum absolute atomic E-state index is 0.0538. The van der Waals surface area contributed by atoms with Crippen molar-refractivity contribution in [2.75, 3.05) is 0 Å². The van der Waals surface area contributed by atoms with Gasteiger partial charge in [0.15, 0.2) is 0 Å². The third-order valence-corrected chi connectivity index (χ3v) is 2.98. The van der Waals surface area contributed by atoms with Gasteiger partial charge in [0, 0.05) is 0 Å². The third-order valence-electron chi connectivity index (χ3n) is 2.98. The predicted octanol–water partition coefficient (Wildman–Crippen LogP) is 3.51. The minimum Gasteiger partial charge on any atom is -0.489 e. The molecule has 0 spiro atoms. The van der Waals surface area contributed by atoms with Gasteiger partial charge in [-0.2, -0.15) is 0 Å². The van der Waals surface area contributed by atoms with Gasteiger partial charge in [-0.1, -0.05) is 30.3 Å². The van der Waals surface area contributed by atoms with Crippen LogP contribution < -0.4 is 4.74 Å². The van der Waals surface area contributed by atoms with Crippen molar-refractivity contribution < 1.29 is 14.6 Å². The summed E-state index contributed by atoms with van der Waals surface area (Å²) in [4.78, 5) is 10.6. The fourth-order valence-corrected chi connectivity index (χ4v) is 2.11. The summed E-state index contributed by atoms with van der Waals surface area (Å²) in [5.74, 6) is 0.0429. The average Bonchev–Trinajstić information content (AvgIpc) is 2.36. The summed E-state index contributed by atoms with van der Waals surface area (Å²) in [6.07, 6.45) is 0.0538. The van der Waals surface area contributed by atoms with Gasteiger partial charge < -0.3 is 9.84 Å². The molecule has 0 unspecified atom stereocenters. The summed E-state index contributed by atoms with van der Waals surface area (Å²) in [5.41, 5.74) is 4.18. The molecular formula is C17H18O3. The lowest BCUT2D eigenvalue weighted by Gasteiger charge is -2.08. The molecule has 0 aromatic heterocycles. The fraction of sp³-hybridized carbons (Fsp3) is 0.235. The van der Waals surface area contributed by atoms with Gasteiger partial charge in [0.25, 0.3) is 0 Å². The van der Waals surface area contributed by atoms with Crippen molar-refractivity contribution in [1.82, 2.24) is 0 Å². The maximum absolute atomic E-state index is 10.6. The molecule has 0 radical (unpaired) electrons. The SMILES string of the molecule is Cc1cc(C)cc(OCc2ccc(CC(=O)O)cc2)c1. The van der Waals surface area contributed by atoms with Crippen LogP contribution in [0.3, 0.4) is 0 Å². The van der Waals surface area contributed by atoms with E-state index in [-0.39, 0.29) is 6.42 Å². The molecule has 0 amide bonds. The Morgan fingerprint density at radius 3 is 2.10 bits per heavy atom. The van der Waals surface area contributed by atoms with Gasteiger partial charge in [0.1, 0.15) is 12.4 Å². The van der Waals surface area contributed by atoms with E-state index in [1.807, 2.05) is 50.2 Å². The summed E-state index contributed by atoms with van der Waals surface area (Å²) in [5, 5.41) is 8.72. The molecule has 3 heteroatoms. The topological polar surface area (TPSA) is 46.5 Å². The van der Waals surface area contributed by atoms with Crippen molar-refractivity contribution in [2.24, 2.45) is 0 Å². The zero-order valence-corrected chi connectivity index (χ0v) is 11.7. The van der Waals surface area contributed by atoms with Crippen molar-refractivity contribution in [2.45, 2.75) is 26.9 Å². The lowest BCUT2D eigenvalue weighted by molar-refractivity contribution is -0.136. The molecule has 0 aliphatic carbocycles. The number of aryl methyl sites for hydroxylation is 2. The Labute approximate surface area is 118 Å². The zero-order valence-electron chi connectivity index (χ0n) is 11.7. The lowest BCUT2D eigenvalue weighted by Crippen LogP contribution is -2.01. The number of carbonyl (C=O) groups is 1. The molecule has 104 valence electrons. The number of carboxylic acids is 1. The molecular weight excluding hydrogens is 252 g/mol. The van der Waals surface area contributed by atoms with Gasteiger partial charge >= 0.3 is 5.97 Å². The monoisotopic (exact) mass is 270 g/mol. The number of hydrogen-bond acceptors (Lipinski definition) is 2. The number of carboxylic acid groups (broad SMARTS) is 1. The van der Waals surface area contributed by atoms with Crippen LogP contribution in [0, 0.1) is 13.8 Å². The van der Waals surface area contributed by atoms with E-state index in [0.717, 1.165) is 16.9 Å². The minimum atomic E-state index is -0.816. The molecule has 2 aromatic rings. The lowest BCUT2D eigenvalue weighted by atomic mass is 10.1. The van der Waals surface area contributed by atoms with Crippen LogP contribution in [-0.2, 0) is 17.8 Å². The summed E-state index contributed by atoms with van der Waals surface area (Å²) >= 11 is 0. The van der Waals surface area contributed by atoms with E-state index in [1.165, 1.54) is 11.1 Å².